The quantitative estimate of drug-likeness (QED) is 0.175. The Morgan fingerprint density at radius 2 is 0.946 bits per heavy atom. The van der Waals surface area contributed by atoms with E-state index in [1.807, 2.05) is 11.8 Å². The molecule has 0 amide bonds. The number of benzene rings is 9. The summed E-state index contributed by atoms with van der Waals surface area (Å²) in [5.41, 5.74) is 12.5. The van der Waals surface area contributed by atoms with Crippen molar-refractivity contribution < 1.29 is 4.74 Å². The van der Waals surface area contributed by atoms with E-state index < -0.39 is 5.41 Å². The summed E-state index contributed by atoms with van der Waals surface area (Å²) >= 11 is 1.86. The van der Waals surface area contributed by atoms with Gasteiger partial charge in [-0.05, 0) is 93.4 Å². The first kappa shape index (κ1) is 32.6. The zero-order chi connectivity index (χ0) is 37.1. The van der Waals surface area contributed by atoms with Crippen LogP contribution in [0.4, 0.5) is 17.1 Å². The third kappa shape index (κ3) is 5.12. The van der Waals surface area contributed by atoms with E-state index in [-0.39, 0.29) is 0 Å². The number of anilines is 3. The van der Waals surface area contributed by atoms with E-state index in [1.165, 1.54) is 59.5 Å². The molecule has 9 aromatic rings. The van der Waals surface area contributed by atoms with Crippen LogP contribution in [0.5, 0.6) is 11.5 Å². The lowest BCUT2D eigenvalue weighted by Gasteiger charge is -2.45. The smallest absolute Gasteiger partial charge is 0.132 e. The van der Waals surface area contributed by atoms with E-state index in [1.54, 1.807) is 0 Å². The molecule has 11 rings (SSSR count). The summed E-state index contributed by atoms with van der Waals surface area (Å²) in [5.74, 6) is 1.81. The molecule has 9 aromatic carbocycles. The Balaban J connectivity index is 1.07. The zero-order valence-electron chi connectivity index (χ0n) is 30.5. The summed E-state index contributed by atoms with van der Waals surface area (Å²) in [6.45, 7) is 0. The average molecular weight is 734 g/mol. The molecule has 0 saturated carbocycles. The maximum atomic E-state index is 6.58. The number of hydrogen-bond acceptors (Lipinski definition) is 3. The second kappa shape index (κ2) is 13.2. The Morgan fingerprint density at radius 1 is 0.375 bits per heavy atom. The van der Waals surface area contributed by atoms with Crippen molar-refractivity contribution in [3.63, 3.8) is 0 Å². The normalized spacial score (nSPS) is 13.2. The van der Waals surface area contributed by atoms with Crippen LogP contribution in [0.2, 0.25) is 0 Å². The van der Waals surface area contributed by atoms with Gasteiger partial charge in [-0.25, -0.2) is 0 Å². The molecule has 2 heterocycles. The Hall–Kier alpha value is -6.81. The standard InChI is InChI=1S/C53H35NOS/c1-2-14-36(15-3-1)37-28-31-41(32-29-37)54(48-24-13-17-38-16-4-5-20-43(38)48)42-19-12-18-39(34-42)40-30-33-47-52(35-40)56-51-27-11-8-23-46(51)53(47)44-21-6-9-25-49(44)55-50-26-10-7-22-45(50)53/h1-35H. The predicted molar refractivity (Wildman–Crippen MR) is 232 cm³/mol. The number of fused-ring (bicyclic) bond motifs is 9. The fraction of sp³-hybridized carbons (Fsp3) is 0.0189. The molecule has 0 radical (unpaired) electrons. The summed E-state index contributed by atoms with van der Waals surface area (Å²) in [7, 11) is 0. The van der Waals surface area contributed by atoms with Crippen molar-refractivity contribution in [1.82, 2.24) is 0 Å². The van der Waals surface area contributed by atoms with E-state index in [0.717, 1.165) is 34.1 Å². The van der Waals surface area contributed by atoms with Gasteiger partial charge in [0.2, 0.25) is 0 Å². The van der Waals surface area contributed by atoms with Crippen LogP contribution in [0.3, 0.4) is 0 Å². The first-order chi connectivity index (χ1) is 27.8. The Morgan fingerprint density at radius 3 is 1.75 bits per heavy atom. The van der Waals surface area contributed by atoms with Gasteiger partial charge in [0.05, 0.1) is 11.1 Å². The monoisotopic (exact) mass is 733 g/mol. The summed E-state index contributed by atoms with van der Waals surface area (Å²) in [6.07, 6.45) is 0. The Bertz CT molecular complexity index is 2870. The van der Waals surface area contributed by atoms with E-state index in [9.17, 15) is 0 Å². The molecule has 0 aliphatic carbocycles. The van der Waals surface area contributed by atoms with Crippen LogP contribution in [0, 0.1) is 0 Å². The molecule has 1 spiro atoms. The van der Waals surface area contributed by atoms with Crippen molar-refractivity contribution in [1.29, 1.82) is 0 Å². The van der Waals surface area contributed by atoms with Crippen LogP contribution >= 0.6 is 11.8 Å². The molecule has 0 saturated heterocycles. The largest absolute Gasteiger partial charge is 0.457 e. The van der Waals surface area contributed by atoms with Crippen LogP contribution < -0.4 is 9.64 Å². The average Bonchev–Trinajstić information content (AvgIpc) is 3.27. The number of hydrogen-bond donors (Lipinski definition) is 0. The van der Waals surface area contributed by atoms with Crippen LogP contribution in [-0.2, 0) is 5.41 Å². The number of ether oxygens (including phenoxy) is 1. The molecular weight excluding hydrogens is 699 g/mol. The van der Waals surface area contributed by atoms with Gasteiger partial charge < -0.3 is 9.64 Å². The van der Waals surface area contributed by atoms with Crippen molar-refractivity contribution in [2.75, 3.05) is 4.90 Å². The van der Waals surface area contributed by atoms with Gasteiger partial charge in [-0.1, -0.05) is 169 Å². The van der Waals surface area contributed by atoms with Crippen molar-refractivity contribution in [3.05, 3.63) is 235 Å². The molecule has 2 nitrogen and oxygen atoms in total. The highest BCUT2D eigenvalue weighted by Gasteiger charge is 2.49. The minimum Gasteiger partial charge on any atom is -0.457 e. The minimum absolute atomic E-state index is 0.514. The maximum Gasteiger partial charge on any atom is 0.132 e. The van der Waals surface area contributed by atoms with E-state index >= 15 is 0 Å². The molecule has 0 unspecified atom stereocenters. The lowest BCUT2D eigenvalue weighted by atomic mass is 9.63. The lowest BCUT2D eigenvalue weighted by molar-refractivity contribution is 0.431. The SMILES string of the molecule is c1ccc(-c2ccc(N(c3cccc(-c4ccc5c(c4)Sc4ccccc4C54c5ccccc5Oc5ccccc54)c3)c3cccc4ccccc34)cc2)cc1. The van der Waals surface area contributed by atoms with Crippen molar-refractivity contribution in [2.45, 2.75) is 15.2 Å². The molecule has 3 heteroatoms. The molecule has 264 valence electrons. The third-order valence-electron chi connectivity index (χ3n) is 11.4. The third-order valence-corrected chi connectivity index (χ3v) is 12.5. The highest BCUT2D eigenvalue weighted by Crippen LogP contribution is 2.61. The predicted octanol–water partition coefficient (Wildman–Crippen LogP) is 14.6. The number of nitrogens with zero attached hydrogens (tertiary/aromatic N) is 1. The highest BCUT2D eigenvalue weighted by atomic mass is 32.2. The zero-order valence-corrected chi connectivity index (χ0v) is 31.3. The second-order valence-electron chi connectivity index (χ2n) is 14.5. The molecule has 0 aromatic heterocycles. The highest BCUT2D eigenvalue weighted by molar-refractivity contribution is 7.99. The van der Waals surface area contributed by atoms with Crippen LogP contribution in [0.1, 0.15) is 22.3 Å². The minimum atomic E-state index is -0.514. The maximum absolute atomic E-state index is 6.58. The van der Waals surface area contributed by atoms with Gasteiger partial charge in [-0.15, -0.1) is 0 Å². The van der Waals surface area contributed by atoms with Crippen LogP contribution in [0.25, 0.3) is 33.0 Å². The number of para-hydroxylation sites is 2. The fourth-order valence-electron chi connectivity index (χ4n) is 8.89. The first-order valence-corrected chi connectivity index (χ1v) is 19.9. The topological polar surface area (TPSA) is 12.5 Å². The number of rotatable bonds is 5. The van der Waals surface area contributed by atoms with E-state index in [0.29, 0.717) is 0 Å². The van der Waals surface area contributed by atoms with Crippen molar-refractivity contribution in [3.8, 4) is 33.8 Å². The molecule has 2 aliphatic heterocycles. The van der Waals surface area contributed by atoms with Gasteiger partial charge in [0, 0.05) is 37.7 Å². The summed E-state index contributed by atoms with van der Waals surface area (Å²) in [4.78, 5) is 4.91. The summed E-state index contributed by atoms with van der Waals surface area (Å²) in [5, 5.41) is 2.42. The molecule has 56 heavy (non-hydrogen) atoms. The van der Waals surface area contributed by atoms with Gasteiger partial charge in [0.25, 0.3) is 0 Å². The summed E-state index contributed by atoms with van der Waals surface area (Å²) < 4.78 is 6.58. The van der Waals surface area contributed by atoms with E-state index in [2.05, 4.69) is 217 Å². The molecule has 2 aliphatic rings. The van der Waals surface area contributed by atoms with Crippen molar-refractivity contribution in [2.24, 2.45) is 0 Å². The van der Waals surface area contributed by atoms with Crippen molar-refractivity contribution >= 4 is 39.6 Å². The molecular formula is C53H35NOS. The van der Waals surface area contributed by atoms with Gasteiger partial charge in [0.1, 0.15) is 11.5 Å². The molecule has 0 fully saturated rings. The van der Waals surface area contributed by atoms with Gasteiger partial charge in [-0.2, -0.15) is 0 Å². The van der Waals surface area contributed by atoms with Crippen LogP contribution in [-0.4, -0.2) is 0 Å². The Kier molecular flexibility index (Phi) is 7.68. The van der Waals surface area contributed by atoms with E-state index in [4.69, 9.17) is 4.74 Å². The van der Waals surface area contributed by atoms with Gasteiger partial charge >= 0.3 is 0 Å². The lowest BCUT2D eigenvalue weighted by Crippen LogP contribution is -2.36. The first-order valence-electron chi connectivity index (χ1n) is 19.1. The van der Waals surface area contributed by atoms with Gasteiger partial charge in [0.15, 0.2) is 0 Å². The van der Waals surface area contributed by atoms with Gasteiger partial charge in [-0.3, -0.25) is 0 Å². The Labute approximate surface area is 331 Å². The molecule has 0 bridgehead atoms. The van der Waals surface area contributed by atoms with Crippen LogP contribution in [0.15, 0.2) is 222 Å². The molecule has 0 atom stereocenters. The summed E-state index contributed by atoms with van der Waals surface area (Å²) in [6, 6.07) is 76.8. The second-order valence-corrected chi connectivity index (χ2v) is 15.5. The fourth-order valence-corrected chi connectivity index (χ4v) is 10.1. The molecule has 0 N–H and O–H groups in total.